The van der Waals surface area contributed by atoms with Crippen molar-refractivity contribution < 1.29 is 14.3 Å². The Morgan fingerprint density at radius 1 is 1.59 bits per heavy atom. The number of hydrogen-bond acceptors (Lipinski definition) is 3. The molecule has 1 aromatic heterocycles. The number of carboxylic acids is 1. The highest BCUT2D eigenvalue weighted by Gasteiger charge is 2.36. The summed E-state index contributed by atoms with van der Waals surface area (Å²) in [5.41, 5.74) is 0. The summed E-state index contributed by atoms with van der Waals surface area (Å²) < 4.78 is 5.73. The maximum Gasteiger partial charge on any atom is 0.303 e. The third kappa shape index (κ3) is 3.60. The topological polar surface area (TPSA) is 62.5 Å². The van der Waals surface area contributed by atoms with Crippen LogP contribution >= 0.6 is 0 Å². The Balaban J connectivity index is 1.65. The minimum absolute atomic E-state index is 0.218. The molecule has 2 N–H and O–H groups in total. The zero-order valence-electron chi connectivity index (χ0n) is 10.1. The Kier molecular flexibility index (Phi) is 3.84. The lowest BCUT2D eigenvalue weighted by Gasteiger charge is -2.00. The Morgan fingerprint density at radius 2 is 2.35 bits per heavy atom. The van der Waals surface area contributed by atoms with Gasteiger partial charge in [-0.3, -0.25) is 4.79 Å². The molecule has 1 aliphatic carbocycles. The van der Waals surface area contributed by atoms with Crippen molar-refractivity contribution in [2.24, 2.45) is 5.92 Å². The van der Waals surface area contributed by atoms with Crippen LogP contribution in [0.2, 0.25) is 0 Å². The minimum Gasteiger partial charge on any atom is -0.481 e. The molecule has 4 heteroatoms. The molecule has 17 heavy (non-hydrogen) atoms. The number of carboxylic acid groups (broad SMARTS) is 1. The largest absolute Gasteiger partial charge is 0.481 e. The SMILES string of the molecule is CC1CC1c1ccc(CNCCCC(=O)O)o1. The fourth-order valence-electron chi connectivity index (χ4n) is 1.98. The lowest BCUT2D eigenvalue weighted by atomic mass is 10.3. The highest BCUT2D eigenvalue weighted by molar-refractivity contribution is 5.66. The van der Waals surface area contributed by atoms with Gasteiger partial charge in [0, 0.05) is 12.3 Å². The molecule has 1 fully saturated rings. The van der Waals surface area contributed by atoms with E-state index in [1.54, 1.807) is 0 Å². The van der Waals surface area contributed by atoms with Crippen molar-refractivity contribution in [3.63, 3.8) is 0 Å². The molecule has 94 valence electrons. The first-order chi connectivity index (χ1) is 8.16. The first-order valence-corrected chi connectivity index (χ1v) is 6.18. The van der Waals surface area contributed by atoms with Gasteiger partial charge in [0.05, 0.1) is 6.54 Å². The quantitative estimate of drug-likeness (QED) is 0.715. The standard InChI is InChI=1S/C13H19NO3/c1-9-7-11(9)12-5-4-10(17-12)8-14-6-2-3-13(15)16/h4-5,9,11,14H,2-3,6-8H2,1H3,(H,15,16). The second-order valence-corrected chi connectivity index (χ2v) is 4.80. The predicted molar refractivity (Wildman–Crippen MR) is 63.8 cm³/mol. The van der Waals surface area contributed by atoms with Crippen LogP contribution < -0.4 is 5.32 Å². The van der Waals surface area contributed by atoms with Crippen LogP contribution in [0.5, 0.6) is 0 Å². The molecule has 0 amide bonds. The maximum atomic E-state index is 10.3. The van der Waals surface area contributed by atoms with E-state index in [-0.39, 0.29) is 6.42 Å². The highest BCUT2D eigenvalue weighted by Crippen LogP contribution is 2.47. The van der Waals surface area contributed by atoms with Crippen molar-refractivity contribution in [3.8, 4) is 0 Å². The average Bonchev–Trinajstić information content (AvgIpc) is 2.83. The van der Waals surface area contributed by atoms with E-state index < -0.39 is 5.97 Å². The highest BCUT2D eigenvalue weighted by atomic mass is 16.4. The third-order valence-corrected chi connectivity index (χ3v) is 3.20. The predicted octanol–water partition coefficient (Wildman–Crippen LogP) is 2.36. The molecule has 0 spiro atoms. The van der Waals surface area contributed by atoms with E-state index >= 15 is 0 Å². The van der Waals surface area contributed by atoms with E-state index in [1.165, 1.54) is 6.42 Å². The molecule has 1 heterocycles. The Hall–Kier alpha value is -1.29. The molecule has 0 bridgehead atoms. The number of hydrogen-bond donors (Lipinski definition) is 2. The molecule has 0 saturated heterocycles. The summed E-state index contributed by atoms with van der Waals surface area (Å²) in [5.74, 6) is 2.68. The fraction of sp³-hybridized carbons (Fsp3) is 0.615. The van der Waals surface area contributed by atoms with Crippen LogP contribution in [0.4, 0.5) is 0 Å². The van der Waals surface area contributed by atoms with Crippen LogP contribution in [0.1, 0.15) is 43.6 Å². The van der Waals surface area contributed by atoms with Gasteiger partial charge in [0.2, 0.25) is 0 Å². The van der Waals surface area contributed by atoms with Crippen molar-refractivity contribution in [1.29, 1.82) is 0 Å². The number of aliphatic carboxylic acids is 1. The van der Waals surface area contributed by atoms with Crippen molar-refractivity contribution >= 4 is 5.97 Å². The van der Waals surface area contributed by atoms with Crippen LogP contribution in [0.25, 0.3) is 0 Å². The molecule has 0 aliphatic heterocycles. The second kappa shape index (κ2) is 5.36. The lowest BCUT2D eigenvalue weighted by molar-refractivity contribution is -0.137. The fourth-order valence-corrected chi connectivity index (χ4v) is 1.98. The molecule has 0 radical (unpaired) electrons. The molecule has 2 rings (SSSR count). The monoisotopic (exact) mass is 237 g/mol. The van der Waals surface area contributed by atoms with Crippen molar-refractivity contribution in [3.05, 3.63) is 23.7 Å². The van der Waals surface area contributed by atoms with Gasteiger partial charge < -0.3 is 14.8 Å². The molecule has 1 saturated carbocycles. The summed E-state index contributed by atoms with van der Waals surface area (Å²) in [7, 11) is 0. The molecular formula is C13H19NO3. The smallest absolute Gasteiger partial charge is 0.303 e. The van der Waals surface area contributed by atoms with Gasteiger partial charge in [0.25, 0.3) is 0 Å². The van der Waals surface area contributed by atoms with Crippen LogP contribution in [0.15, 0.2) is 16.5 Å². The first-order valence-electron chi connectivity index (χ1n) is 6.18. The Labute approximate surface area is 101 Å². The second-order valence-electron chi connectivity index (χ2n) is 4.80. The van der Waals surface area contributed by atoms with Gasteiger partial charge in [-0.25, -0.2) is 0 Å². The minimum atomic E-state index is -0.741. The molecular weight excluding hydrogens is 218 g/mol. The zero-order valence-corrected chi connectivity index (χ0v) is 10.1. The maximum absolute atomic E-state index is 10.3. The van der Waals surface area contributed by atoms with Gasteiger partial charge in [-0.05, 0) is 37.4 Å². The van der Waals surface area contributed by atoms with Gasteiger partial charge in [0.1, 0.15) is 11.5 Å². The summed E-state index contributed by atoms with van der Waals surface area (Å²) in [6.07, 6.45) is 2.11. The summed E-state index contributed by atoms with van der Waals surface area (Å²) in [4.78, 5) is 10.3. The molecule has 2 atom stereocenters. The number of furan rings is 1. The van der Waals surface area contributed by atoms with E-state index in [2.05, 4.69) is 18.3 Å². The van der Waals surface area contributed by atoms with E-state index in [4.69, 9.17) is 9.52 Å². The van der Waals surface area contributed by atoms with Crippen LogP contribution in [0, 0.1) is 5.92 Å². The molecule has 0 aromatic carbocycles. The van der Waals surface area contributed by atoms with Gasteiger partial charge in [0.15, 0.2) is 0 Å². The molecule has 1 aliphatic rings. The van der Waals surface area contributed by atoms with Crippen LogP contribution in [-0.4, -0.2) is 17.6 Å². The van der Waals surface area contributed by atoms with Crippen LogP contribution in [0.3, 0.4) is 0 Å². The van der Waals surface area contributed by atoms with Gasteiger partial charge >= 0.3 is 5.97 Å². The molecule has 1 aromatic rings. The lowest BCUT2D eigenvalue weighted by Crippen LogP contribution is -2.15. The summed E-state index contributed by atoms with van der Waals surface area (Å²) in [5, 5.41) is 11.7. The van der Waals surface area contributed by atoms with Gasteiger partial charge in [-0.2, -0.15) is 0 Å². The van der Waals surface area contributed by atoms with E-state index in [1.807, 2.05) is 6.07 Å². The van der Waals surface area contributed by atoms with E-state index in [9.17, 15) is 4.79 Å². The van der Waals surface area contributed by atoms with E-state index in [0.717, 1.165) is 17.4 Å². The van der Waals surface area contributed by atoms with E-state index in [0.29, 0.717) is 25.4 Å². The number of carbonyl (C=O) groups is 1. The van der Waals surface area contributed by atoms with Crippen molar-refractivity contribution in [1.82, 2.24) is 5.32 Å². The summed E-state index contributed by atoms with van der Waals surface area (Å²) in [6.45, 7) is 3.62. The normalized spacial score (nSPS) is 22.6. The van der Waals surface area contributed by atoms with Crippen molar-refractivity contribution in [2.45, 2.75) is 38.6 Å². The first kappa shape index (κ1) is 12.2. The molecule has 4 nitrogen and oxygen atoms in total. The van der Waals surface area contributed by atoms with Crippen LogP contribution in [-0.2, 0) is 11.3 Å². The van der Waals surface area contributed by atoms with Crippen molar-refractivity contribution in [2.75, 3.05) is 6.54 Å². The Bertz CT molecular complexity index is 386. The number of rotatable bonds is 7. The van der Waals surface area contributed by atoms with Gasteiger partial charge in [-0.1, -0.05) is 6.92 Å². The molecule has 2 unspecified atom stereocenters. The summed E-state index contributed by atoms with van der Waals surface area (Å²) in [6, 6.07) is 4.06. The summed E-state index contributed by atoms with van der Waals surface area (Å²) >= 11 is 0. The average molecular weight is 237 g/mol. The number of nitrogens with one attached hydrogen (secondary N) is 1. The van der Waals surface area contributed by atoms with Gasteiger partial charge in [-0.15, -0.1) is 0 Å². The zero-order chi connectivity index (χ0) is 12.3. The third-order valence-electron chi connectivity index (χ3n) is 3.20. The Morgan fingerprint density at radius 3 is 3.00 bits per heavy atom.